The highest BCUT2D eigenvalue weighted by atomic mass is 16.2. The number of carbonyl (C=O) groups is 2. The minimum absolute atomic E-state index is 0.146. The summed E-state index contributed by atoms with van der Waals surface area (Å²) in [5, 5.41) is 8.19. The highest BCUT2D eigenvalue weighted by molar-refractivity contribution is 6.42. The summed E-state index contributed by atoms with van der Waals surface area (Å²) in [5.41, 5.74) is 5.35. The van der Waals surface area contributed by atoms with Crippen molar-refractivity contribution in [1.82, 2.24) is 0 Å². The number of carbonyl (C=O) groups excluding carboxylic acids is 2. The van der Waals surface area contributed by atoms with E-state index in [0.717, 1.165) is 65.3 Å². The molecule has 0 aliphatic carbocycles. The summed E-state index contributed by atoms with van der Waals surface area (Å²) < 4.78 is 0. The number of nitrogens with zero attached hydrogens (tertiary/aromatic N) is 1. The van der Waals surface area contributed by atoms with Crippen molar-refractivity contribution >= 4 is 60.6 Å². The summed E-state index contributed by atoms with van der Waals surface area (Å²) in [6.07, 6.45) is 0. The van der Waals surface area contributed by atoms with Crippen LogP contribution in [0.15, 0.2) is 103 Å². The van der Waals surface area contributed by atoms with Crippen molar-refractivity contribution in [3.8, 4) is 11.8 Å². The molecule has 0 saturated heterocycles. The summed E-state index contributed by atoms with van der Waals surface area (Å²) in [4.78, 5) is 30.5. The summed E-state index contributed by atoms with van der Waals surface area (Å²) in [7, 11) is 0. The van der Waals surface area contributed by atoms with Gasteiger partial charge in [0.1, 0.15) is 0 Å². The van der Waals surface area contributed by atoms with Gasteiger partial charge in [-0.25, -0.2) is 4.90 Å². The molecule has 0 N–H and O–H groups in total. The van der Waals surface area contributed by atoms with Crippen molar-refractivity contribution < 1.29 is 9.59 Å². The van der Waals surface area contributed by atoms with Crippen molar-refractivity contribution in [1.29, 1.82) is 0 Å². The molecule has 8 rings (SSSR count). The number of imide groups is 1. The third kappa shape index (κ3) is 4.36. The van der Waals surface area contributed by atoms with Crippen LogP contribution in [0.5, 0.6) is 0 Å². The Morgan fingerprint density at radius 1 is 0.511 bits per heavy atom. The number of anilines is 1. The fourth-order valence-corrected chi connectivity index (χ4v) is 7.30. The van der Waals surface area contributed by atoms with E-state index >= 15 is 0 Å². The third-order valence-corrected chi connectivity index (χ3v) is 9.68. The van der Waals surface area contributed by atoms with E-state index in [0.29, 0.717) is 16.8 Å². The minimum atomic E-state index is -0.279. The van der Waals surface area contributed by atoms with E-state index in [1.807, 2.05) is 48.5 Å². The summed E-state index contributed by atoms with van der Waals surface area (Å²) >= 11 is 0. The second-order valence-electron chi connectivity index (χ2n) is 14.8. The minimum Gasteiger partial charge on any atom is -0.268 e. The molecule has 0 saturated carbocycles. The Hall–Kier alpha value is -5.46. The maximum absolute atomic E-state index is 14.5. The lowest BCUT2D eigenvalue weighted by Gasteiger charge is -2.34. The molecule has 7 aromatic rings. The molecule has 0 spiro atoms. The van der Waals surface area contributed by atoms with Gasteiger partial charge < -0.3 is 0 Å². The molecule has 47 heavy (non-hydrogen) atoms. The largest absolute Gasteiger partial charge is 0.268 e. The Morgan fingerprint density at radius 2 is 1.11 bits per heavy atom. The lowest BCUT2D eigenvalue weighted by molar-refractivity contribution is 0.0893. The Bertz CT molecular complexity index is 2440. The van der Waals surface area contributed by atoms with Gasteiger partial charge in [0.05, 0.1) is 5.69 Å². The molecule has 1 heterocycles. The standard InChI is InChI=1S/C44H35NO2/c1-43(2,3)28-18-24-36(44(4,5)6)37(25-28)45-41(46)34-22-20-32-30-14-10-13-29-27(16-15-26-11-8-7-9-12-26)17-19-31(38(29)30)33-21-23-35(42(45)47)40(34)39(32)33/h7-14,17-25H,1-6H3. The lowest BCUT2D eigenvalue weighted by atomic mass is 9.80. The van der Waals surface area contributed by atoms with E-state index in [1.165, 1.54) is 4.90 Å². The zero-order valence-corrected chi connectivity index (χ0v) is 27.6. The van der Waals surface area contributed by atoms with Gasteiger partial charge in [0.15, 0.2) is 0 Å². The van der Waals surface area contributed by atoms with E-state index in [4.69, 9.17) is 0 Å². The summed E-state index contributed by atoms with van der Waals surface area (Å²) in [6, 6.07) is 34.8. The predicted octanol–water partition coefficient (Wildman–Crippen LogP) is 10.5. The van der Waals surface area contributed by atoms with Crippen LogP contribution >= 0.6 is 0 Å². The highest BCUT2D eigenvalue weighted by Gasteiger charge is 2.38. The first kappa shape index (κ1) is 29.0. The van der Waals surface area contributed by atoms with Crippen LogP contribution in [0.2, 0.25) is 0 Å². The molecule has 7 aromatic carbocycles. The van der Waals surface area contributed by atoms with Gasteiger partial charge >= 0.3 is 0 Å². The average Bonchev–Trinajstić information content (AvgIpc) is 3.05. The van der Waals surface area contributed by atoms with Gasteiger partial charge in [-0.2, -0.15) is 0 Å². The van der Waals surface area contributed by atoms with Gasteiger partial charge in [-0.15, -0.1) is 0 Å². The number of hydrogen-bond acceptors (Lipinski definition) is 2. The molecule has 0 atom stereocenters. The van der Waals surface area contributed by atoms with Crippen LogP contribution in [-0.4, -0.2) is 11.8 Å². The molecule has 3 nitrogen and oxygen atoms in total. The van der Waals surface area contributed by atoms with Gasteiger partial charge in [-0.05, 0) is 96.1 Å². The molecule has 0 unspecified atom stereocenters. The highest BCUT2D eigenvalue weighted by Crippen LogP contribution is 2.46. The topological polar surface area (TPSA) is 37.4 Å². The second-order valence-corrected chi connectivity index (χ2v) is 14.8. The van der Waals surface area contributed by atoms with Crippen LogP contribution in [-0.2, 0) is 10.8 Å². The van der Waals surface area contributed by atoms with Crippen molar-refractivity contribution in [2.45, 2.75) is 52.4 Å². The second kappa shape index (κ2) is 10.0. The molecular weight excluding hydrogens is 574 g/mol. The van der Waals surface area contributed by atoms with Gasteiger partial charge in [0.25, 0.3) is 11.8 Å². The van der Waals surface area contributed by atoms with E-state index in [9.17, 15) is 9.59 Å². The van der Waals surface area contributed by atoms with E-state index < -0.39 is 0 Å². The zero-order chi connectivity index (χ0) is 32.8. The van der Waals surface area contributed by atoms with Gasteiger partial charge in [0, 0.05) is 27.6 Å². The molecular formula is C44H35NO2. The number of hydrogen-bond donors (Lipinski definition) is 0. The number of benzene rings is 7. The molecule has 0 bridgehead atoms. The Balaban J connectivity index is 1.37. The average molecular weight is 610 g/mol. The maximum Gasteiger partial charge on any atom is 0.265 e. The first-order valence-corrected chi connectivity index (χ1v) is 16.2. The number of rotatable bonds is 1. The van der Waals surface area contributed by atoms with Crippen LogP contribution in [0.3, 0.4) is 0 Å². The zero-order valence-electron chi connectivity index (χ0n) is 27.6. The molecule has 0 aromatic heterocycles. The normalized spacial score (nSPS) is 13.6. The predicted molar refractivity (Wildman–Crippen MR) is 195 cm³/mol. The quantitative estimate of drug-likeness (QED) is 0.0804. The molecule has 1 aliphatic rings. The smallest absolute Gasteiger partial charge is 0.265 e. The van der Waals surface area contributed by atoms with Crippen LogP contribution in [0.25, 0.3) is 43.1 Å². The number of amides is 2. The van der Waals surface area contributed by atoms with Crippen LogP contribution in [0.1, 0.15) is 84.5 Å². The molecule has 0 radical (unpaired) electrons. The third-order valence-electron chi connectivity index (χ3n) is 9.68. The first-order valence-electron chi connectivity index (χ1n) is 16.2. The fraction of sp³-hybridized carbons (Fsp3) is 0.182. The van der Waals surface area contributed by atoms with Crippen molar-refractivity contribution in [3.63, 3.8) is 0 Å². The molecule has 3 heteroatoms. The Labute approximate surface area is 275 Å². The van der Waals surface area contributed by atoms with Gasteiger partial charge in [0.2, 0.25) is 0 Å². The van der Waals surface area contributed by atoms with Gasteiger partial charge in [-0.3, -0.25) is 9.59 Å². The molecule has 2 amide bonds. The lowest BCUT2D eigenvalue weighted by Crippen LogP contribution is -2.42. The summed E-state index contributed by atoms with van der Waals surface area (Å²) in [5.74, 6) is 6.17. The monoisotopic (exact) mass is 609 g/mol. The Kier molecular flexibility index (Phi) is 6.18. The van der Waals surface area contributed by atoms with E-state index in [-0.39, 0.29) is 22.6 Å². The van der Waals surface area contributed by atoms with Crippen LogP contribution < -0.4 is 4.90 Å². The van der Waals surface area contributed by atoms with Crippen LogP contribution in [0, 0.1) is 11.8 Å². The summed E-state index contributed by atoms with van der Waals surface area (Å²) in [6.45, 7) is 12.8. The number of fused-ring (bicyclic) bond motifs is 2. The van der Waals surface area contributed by atoms with Gasteiger partial charge in [-0.1, -0.05) is 120 Å². The fourth-order valence-electron chi connectivity index (χ4n) is 7.30. The van der Waals surface area contributed by atoms with E-state index in [2.05, 4.69) is 108 Å². The first-order chi connectivity index (χ1) is 22.4. The van der Waals surface area contributed by atoms with Crippen molar-refractivity contribution in [2.75, 3.05) is 4.90 Å². The maximum atomic E-state index is 14.5. The van der Waals surface area contributed by atoms with E-state index in [1.54, 1.807) is 0 Å². The van der Waals surface area contributed by atoms with Crippen LogP contribution in [0.4, 0.5) is 5.69 Å². The molecule has 1 aliphatic heterocycles. The molecule has 228 valence electrons. The van der Waals surface area contributed by atoms with Crippen molar-refractivity contribution in [2.24, 2.45) is 0 Å². The SMILES string of the molecule is CC(C)(C)c1ccc(C(C)(C)C)c(N2C(=O)c3ccc4c5cccc6c(C#Cc7ccccc7)ccc(c7ccc(c3c47)C2=O)c65)c1. The van der Waals surface area contributed by atoms with Crippen molar-refractivity contribution in [3.05, 3.63) is 137 Å². The molecule has 0 fully saturated rings. The Morgan fingerprint density at radius 3 is 1.74 bits per heavy atom.